The van der Waals surface area contributed by atoms with E-state index in [4.69, 9.17) is 0 Å². The number of carbonyl (C=O) groups excluding carboxylic acids is 2. The summed E-state index contributed by atoms with van der Waals surface area (Å²) in [5.41, 5.74) is 1.12. The molecule has 1 aromatic heterocycles. The molecular weight excluding hydrogens is 310 g/mol. The van der Waals surface area contributed by atoms with Gasteiger partial charge in [-0.3, -0.25) is 14.5 Å². The Morgan fingerprint density at radius 1 is 1.22 bits per heavy atom. The van der Waals surface area contributed by atoms with Crippen LogP contribution in [0.5, 0.6) is 0 Å². The Labute approximate surface area is 140 Å². The maximum atomic E-state index is 12.8. The summed E-state index contributed by atoms with van der Waals surface area (Å²) in [6.07, 6.45) is 1.60. The molecule has 6 heteroatoms. The number of nitrogens with zero attached hydrogens (tertiary/aromatic N) is 3. The van der Waals surface area contributed by atoms with E-state index in [9.17, 15) is 9.59 Å². The van der Waals surface area contributed by atoms with E-state index in [1.807, 2.05) is 17.5 Å². The number of thiophene rings is 1. The largest absolute Gasteiger partial charge is 0.364 e. The van der Waals surface area contributed by atoms with Crippen LogP contribution < -0.4 is 0 Å². The molecule has 0 bridgehead atoms. The molecule has 3 heterocycles. The number of rotatable bonds is 5. The summed E-state index contributed by atoms with van der Waals surface area (Å²) in [6.45, 7) is 10.5. The van der Waals surface area contributed by atoms with E-state index < -0.39 is 0 Å². The van der Waals surface area contributed by atoms with Gasteiger partial charge in [0.25, 0.3) is 11.8 Å². The lowest BCUT2D eigenvalue weighted by atomic mass is 10.1. The molecule has 3 rings (SSSR count). The van der Waals surface area contributed by atoms with Crippen LogP contribution in [-0.2, 0) is 9.59 Å². The minimum Gasteiger partial charge on any atom is -0.364 e. The van der Waals surface area contributed by atoms with Crippen LogP contribution in [0.3, 0.4) is 0 Å². The molecular formula is C17H21N3O2S. The van der Waals surface area contributed by atoms with Crippen molar-refractivity contribution in [1.29, 1.82) is 0 Å². The molecule has 2 aliphatic rings. The van der Waals surface area contributed by atoms with Crippen LogP contribution in [0.25, 0.3) is 5.57 Å². The van der Waals surface area contributed by atoms with E-state index in [1.54, 1.807) is 6.08 Å². The standard InChI is InChI=1S/C17H21N3O2S/c1-3-7-20-16(21)14(13-6-5-12-23-13)15(17(20)22)19-10-8-18(4-2)9-11-19/h3,5-6,12H,1,4,7-11H2,2H3. The van der Waals surface area contributed by atoms with E-state index in [0.717, 1.165) is 37.6 Å². The predicted molar refractivity (Wildman–Crippen MR) is 91.8 cm³/mol. The normalized spacial score (nSPS) is 19.9. The van der Waals surface area contributed by atoms with E-state index in [2.05, 4.69) is 23.3 Å². The van der Waals surface area contributed by atoms with Gasteiger partial charge in [0.05, 0.1) is 5.57 Å². The van der Waals surface area contributed by atoms with Crippen LogP contribution in [0, 0.1) is 0 Å². The zero-order chi connectivity index (χ0) is 16.4. The fraction of sp³-hybridized carbons (Fsp3) is 0.412. The number of likely N-dealkylation sites (N-methyl/N-ethyl adjacent to an activating group) is 1. The zero-order valence-electron chi connectivity index (χ0n) is 13.3. The van der Waals surface area contributed by atoms with Crippen molar-refractivity contribution in [3.63, 3.8) is 0 Å². The Morgan fingerprint density at radius 3 is 2.52 bits per heavy atom. The molecule has 0 aliphatic carbocycles. The highest BCUT2D eigenvalue weighted by atomic mass is 32.1. The summed E-state index contributed by atoms with van der Waals surface area (Å²) in [6, 6.07) is 3.82. The lowest BCUT2D eigenvalue weighted by Gasteiger charge is -2.35. The maximum Gasteiger partial charge on any atom is 0.278 e. The highest BCUT2D eigenvalue weighted by molar-refractivity contribution is 7.11. The third-order valence-corrected chi connectivity index (χ3v) is 5.25. The lowest BCUT2D eigenvalue weighted by molar-refractivity contribution is -0.137. The van der Waals surface area contributed by atoms with Gasteiger partial charge < -0.3 is 9.80 Å². The summed E-state index contributed by atoms with van der Waals surface area (Å²) in [5, 5.41) is 1.93. The number of amides is 2. The monoisotopic (exact) mass is 331 g/mol. The molecule has 0 unspecified atom stereocenters. The van der Waals surface area contributed by atoms with Gasteiger partial charge in [0.15, 0.2) is 0 Å². The molecule has 5 nitrogen and oxygen atoms in total. The van der Waals surface area contributed by atoms with Crippen LogP contribution in [0.4, 0.5) is 0 Å². The summed E-state index contributed by atoms with van der Waals surface area (Å²) in [7, 11) is 0. The van der Waals surface area contributed by atoms with Crippen molar-refractivity contribution in [3.05, 3.63) is 40.7 Å². The highest BCUT2D eigenvalue weighted by Crippen LogP contribution is 2.34. The Kier molecular flexibility index (Phi) is 4.63. The van der Waals surface area contributed by atoms with Crippen molar-refractivity contribution in [2.75, 3.05) is 39.3 Å². The fourth-order valence-corrected chi connectivity index (χ4v) is 3.84. The van der Waals surface area contributed by atoms with E-state index in [0.29, 0.717) is 11.3 Å². The second-order valence-corrected chi connectivity index (χ2v) is 6.58. The molecule has 1 saturated heterocycles. The molecule has 0 spiro atoms. The molecule has 0 aromatic carbocycles. The van der Waals surface area contributed by atoms with Crippen molar-refractivity contribution in [2.45, 2.75) is 6.92 Å². The lowest BCUT2D eigenvalue weighted by Crippen LogP contribution is -2.47. The second-order valence-electron chi connectivity index (χ2n) is 5.63. The van der Waals surface area contributed by atoms with Crippen molar-refractivity contribution in [1.82, 2.24) is 14.7 Å². The first-order chi connectivity index (χ1) is 11.2. The van der Waals surface area contributed by atoms with Crippen LogP contribution in [0.15, 0.2) is 35.9 Å². The molecule has 1 aromatic rings. The Hall–Kier alpha value is -1.92. The zero-order valence-corrected chi connectivity index (χ0v) is 14.1. The van der Waals surface area contributed by atoms with Crippen molar-refractivity contribution >= 4 is 28.7 Å². The van der Waals surface area contributed by atoms with Crippen molar-refractivity contribution in [2.24, 2.45) is 0 Å². The first-order valence-corrected chi connectivity index (χ1v) is 8.77. The third-order valence-electron chi connectivity index (χ3n) is 4.36. The number of imide groups is 1. The average Bonchev–Trinajstić information content (AvgIpc) is 3.17. The number of carbonyl (C=O) groups is 2. The van der Waals surface area contributed by atoms with Gasteiger partial charge in [0, 0.05) is 37.6 Å². The second kappa shape index (κ2) is 6.68. The molecule has 0 atom stereocenters. The maximum absolute atomic E-state index is 12.8. The van der Waals surface area contributed by atoms with E-state index in [-0.39, 0.29) is 18.4 Å². The number of hydrogen-bond acceptors (Lipinski definition) is 5. The van der Waals surface area contributed by atoms with Gasteiger partial charge >= 0.3 is 0 Å². The minimum atomic E-state index is -0.203. The number of piperazine rings is 1. The Balaban J connectivity index is 1.96. The van der Waals surface area contributed by atoms with Gasteiger partial charge in [-0.05, 0) is 18.0 Å². The molecule has 2 aliphatic heterocycles. The van der Waals surface area contributed by atoms with Gasteiger partial charge in [-0.25, -0.2) is 0 Å². The molecule has 122 valence electrons. The molecule has 1 fully saturated rings. The van der Waals surface area contributed by atoms with Gasteiger partial charge in [-0.2, -0.15) is 0 Å². The van der Waals surface area contributed by atoms with Crippen molar-refractivity contribution < 1.29 is 9.59 Å². The van der Waals surface area contributed by atoms with Gasteiger partial charge in [0.1, 0.15) is 5.70 Å². The van der Waals surface area contributed by atoms with E-state index in [1.165, 1.54) is 16.2 Å². The molecule has 0 radical (unpaired) electrons. The molecule has 0 saturated carbocycles. The quantitative estimate of drug-likeness (QED) is 0.608. The summed E-state index contributed by atoms with van der Waals surface area (Å²) >= 11 is 1.50. The van der Waals surface area contributed by atoms with Gasteiger partial charge in [-0.1, -0.05) is 19.1 Å². The van der Waals surface area contributed by atoms with E-state index >= 15 is 0 Å². The molecule has 2 amide bonds. The summed E-state index contributed by atoms with van der Waals surface area (Å²) in [4.78, 5) is 32.1. The van der Waals surface area contributed by atoms with Crippen LogP contribution in [0.2, 0.25) is 0 Å². The van der Waals surface area contributed by atoms with Crippen LogP contribution >= 0.6 is 11.3 Å². The smallest absolute Gasteiger partial charge is 0.278 e. The highest BCUT2D eigenvalue weighted by Gasteiger charge is 2.41. The number of hydrogen-bond donors (Lipinski definition) is 0. The summed E-state index contributed by atoms with van der Waals surface area (Å²) < 4.78 is 0. The first kappa shape index (κ1) is 16.0. The van der Waals surface area contributed by atoms with Gasteiger partial charge in [-0.15, -0.1) is 17.9 Å². The fourth-order valence-electron chi connectivity index (χ4n) is 3.08. The first-order valence-electron chi connectivity index (χ1n) is 7.90. The topological polar surface area (TPSA) is 43.9 Å². The Bertz CT molecular complexity index is 643. The van der Waals surface area contributed by atoms with Gasteiger partial charge in [0.2, 0.25) is 0 Å². The SMILES string of the molecule is C=CCN1C(=O)C(c2cccs2)=C(N2CCN(CC)CC2)C1=O. The predicted octanol–water partition coefficient (Wildman–Crippen LogP) is 1.65. The third kappa shape index (κ3) is 2.84. The van der Waals surface area contributed by atoms with Crippen LogP contribution in [0.1, 0.15) is 11.8 Å². The Morgan fingerprint density at radius 2 is 1.96 bits per heavy atom. The summed E-state index contributed by atoms with van der Waals surface area (Å²) in [5.74, 6) is -0.395. The average molecular weight is 331 g/mol. The molecule has 23 heavy (non-hydrogen) atoms. The minimum absolute atomic E-state index is 0.191. The van der Waals surface area contributed by atoms with Crippen molar-refractivity contribution in [3.8, 4) is 0 Å². The molecule has 0 N–H and O–H groups in total. The van der Waals surface area contributed by atoms with Crippen LogP contribution in [-0.4, -0.2) is 65.8 Å².